The quantitative estimate of drug-likeness (QED) is 0.0470. The summed E-state index contributed by atoms with van der Waals surface area (Å²) in [7, 11) is -4.07. The number of phenolic OH excluding ortho intramolecular Hbond substituents is 1. The standard InChI is InChI=1S/C37H51N5O5S/c1-5-7-9-11-13-27(3)34-25-29(26-35(36(34)43)28(4)14-12-10-8-6-2)23-24-39-37(44)40-30-15-17-31(18-16-30)47-32-19-21-33(22-20-32)48(45,46)42-41-38/h15-22,25-28,43H,5-14,23-24H2,1-4H3,(H2,39,40,44). The molecule has 0 saturated carbocycles. The van der Waals surface area contributed by atoms with Crippen molar-refractivity contribution in [3.8, 4) is 17.2 Å². The zero-order chi connectivity index (χ0) is 34.9. The lowest BCUT2D eigenvalue weighted by atomic mass is 9.85. The second-order valence-corrected chi connectivity index (χ2v) is 14.1. The Morgan fingerprint density at radius 3 is 1.88 bits per heavy atom. The van der Waals surface area contributed by atoms with Crippen LogP contribution >= 0.6 is 0 Å². The van der Waals surface area contributed by atoms with E-state index in [1.807, 2.05) is 0 Å². The zero-order valence-electron chi connectivity index (χ0n) is 28.7. The predicted octanol–water partition coefficient (Wildman–Crippen LogP) is 10.7. The number of carbonyl (C=O) groups is 1. The van der Waals surface area contributed by atoms with Gasteiger partial charge in [0.2, 0.25) is 0 Å². The predicted molar refractivity (Wildman–Crippen MR) is 192 cm³/mol. The summed E-state index contributed by atoms with van der Waals surface area (Å²) in [6.07, 6.45) is 12.3. The van der Waals surface area contributed by atoms with E-state index >= 15 is 0 Å². The summed E-state index contributed by atoms with van der Waals surface area (Å²) in [5.41, 5.74) is 12.1. The van der Waals surface area contributed by atoms with Gasteiger partial charge in [-0.25, -0.2) is 13.2 Å². The van der Waals surface area contributed by atoms with E-state index in [9.17, 15) is 18.3 Å². The van der Waals surface area contributed by atoms with Gasteiger partial charge in [-0.1, -0.05) is 91.2 Å². The highest BCUT2D eigenvalue weighted by Gasteiger charge is 2.19. The Kier molecular flexibility index (Phi) is 15.6. The van der Waals surface area contributed by atoms with Crippen LogP contribution in [0.1, 0.15) is 120 Å². The third-order valence-corrected chi connectivity index (χ3v) is 9.74. The van der Waals surface area contributed by atoms with E-state index in [1.165, 1.54) is 62.8 Å². The van der Waals surface area contributed by atoms with Crippen molar-refractivity contribution in [3.63, 3.8) is 0 Å². The second kappa shape index (κ2) is 19.6. The van der Waals surface area contributed by atoms with Crippen LogP contribution in [-0.2, 0) is 16.4 Å². The van der Waals surface area contributed by atoms with E-state index in [4.69, 9.17) is 10.3 Å². The number of nitrogens with zero attached hydrogens (tertiary/aromatic N) is 3. The molecule has 0 aliphatic carbocycles. The zero-order valence-corrected chi connectivity index (χ0v) is 29.6. The number of urea groups is 1. The summed E-state index contributed by atoms with van der Waals surface area (Å²) >= 11 is 0. The summed E-state index contributed by atoms with van der Waals surface area (Å²) in [6, 6.07) is 16.2. The van der Waals surface area contributed by atoms with E-state index in [0.717, 1.165) is 42.4 Å². The lowest BCUT2D eigenvalue weighted by Crippen LogP contribution is -2.30. The number of sulfonamides is 1. The maximum absolute atomic E-state index is 12.7. The van der Waals surface area contributed by atoms with Crippen LogP contribution in [-0.4, -0.2) is 26.1 Å². The van der Waals surface area contributed by atoms with Crippen molar-refractivity contribution in [3.05, 3.63) is 87.8 Å². The molecule has 0 spiro atoms. The van der Waals surface area contributed by atoms with E-state index in [2.05, 4.69) is 59.9 Å². The molecule has 0 aliphatic heterocycles. The number of nitrogens with one attached hydrogen (secondary N) is 2. The SMILES string of the molecule is CCCCCCC(C)c1cc(CCNC(=O)Nc2ccc(Oc3ccc(S(=O)(=O)N=[N+]=[N-])cc3)cc2)cc(C(C)CCCCCC)c1O. The number of unbranched alkanes of at least 4 members (excludes halogenated alkanes) is 6. The normalized spacial score (nSPS) is 12.5. The van der Waals surface area contributed by atoms with Crippen molar-refractivity contribution < 1.29 is 23.1 Å². The monoisotopic (exact) mass is 677 g/mol. The molecule has 10 nitrogen and oxygen atoms in total. The lowest BCUT2D eigenvalue weighted by molar-refractivity contribution is 0.252. The molecule has 0 aliphatic rings. The fourth-order valence-corrected chi connectivity index (χ4v) is 6.39. The van der Waals surface area contributed by atoms with Crippen molar-refractivity contribution in [2.45, 2.75) is 115 Å². The number of hydrogen-bond donors (Lipinski definition) is 3. The minimum atomic E-state index is -4.07. The highest BCUT2D eigenvalue weighted by atomic mass is 32.2. The Labute approximate surface area is 286 Å². The average molecular weight is 678 g/mol. The second-order valence-electron chi connectivity index (χ2n) is 12.5. The van der Waals surface area contributed by atoms with Gasteiger partial charge in [-0.3, -0.25) is 0 Å². The number of amides is 2. The van der Waals surface area contributed by atoms with Crippen LogP contribution in [0, 0.1) is 0 Å². The molecule has 0 aromatic heterocycles. The van der Waals surface area contributed by atoms with Gasteiger partial charge >= 0.3 is 6.03 Å². The highest BCUT2D eigenvalue weighted by molar-refractivity contribution is 7.90. The fraction of sp³-hybridized carbons (Fsp3) is 0.486. The van der Waals surface area contributed by atoms with Gasteiger partial charge in [0.05, 0.1) is 4.90 Å². The number of rotatable bonds is 20. The first-order chi connectivity index (χ1) is 23.1. The van der Waals surface area contributed by atoms with Gasteiger partial charge < -0.3 is 20.5 Å². The number of ether oxygens (including phenoxy) is 1. The molecule has 3 N–H and O–H groups in total. The van der Waals surface area contributed by atoms with Gasteiger partial charge in [-0.05, 0) is 102 Å². The van der Waals surface area contributed by atoms with Crippen LogP contribution in [0.15, 0.2) is 70.1 Å². The third kappa shape index (κ3) is 12.1. The first kappa shape index (κ1) is 38.2. The average Bonchev–Trinajstić information content (AvgIpc) is 3.06. The minimum Gasteiger partial charge on any atom is -0.507 e. The molecule has 3 aromatic rings. The van der Waals surface area contributed by atoms with Crippen molar-refractivity contribution in [2.24, 2.45) is 4.52 Å². The Balaban J connectivity index is 1.59. The highest BCUT2D eigenvalue weighted by Crippen LogP contribution is 2.38. The van der Waals surface area contributed by atoms with Crippen LogP contribution in [0.2, 0.25) is 0 Å². The number of phenols is 1. The summed E-state index contributed by atoms with van der Waals surface area (Å²) in [4.78, 5) is 14.9. The first-order valence-corrected chi connectivity index (χ1v) is 18.6. The van der Waals surface area contributed by atoms with E-state index in [0.29, 0.717) is 35.9 Å². The molecule has 260 valence electrons. The number of hydrogen-bond acceptors (Lipinski definition) is 5. The Morgan fingerprint density at radius 2 is 1.38 bits per heavy atom. The number of aromatic hydroxyl groups is 1. The fourth-order valence-electron chi connectivity index (χ4n) is 5.72. The van der Waals surface area contributed by atoms with Gasteiger partial charge in [-0.15, -0.1) is 0 Å². The molecule has 3 aromatic carbocycles. The van der Waals surface area contributed by atoms with Gasteiger partial charge in [0.25, 0.3) is 10.0 Å². The van der Waals surface area contributed by atoms with E-state index < -0.39 is 10.0 Å². The van der Waals surface area contributed by atoms with Crippen LogP contribution in [0.3, 0.4) is 0 Å². The number of benzene rings is 3. The molecule has 0 bridgehead atoms. The van der Waals surface area contributed by atoms with Gasteiger partial charge in [0, 0.05) is 21.7 Å². The van der Waals surface area contributed by atoms with Gasteiger partial charge in [0.1, 0.15) is 17.2 Å². The molecule has 2 unspecified atom stereocenters. The molecule has 0 fully saturated rings. The summed E-state index contributed by atoms with van der Waals surface area (Å²) in [5.74, 6) is 1.85. The largest absolute Gasteiger partial charge is 0.507 e. The third-order valence-electron chi connectivity index (χ3n) is 8.58. The Morgan fingerprint density at radius 1 is 0.854 bits per heavy atom. The van der Waals surface area contributed by atoms with Crippen molar-refractivity contribution in [2.75, 3.05) is 11.9 Å². The van der Waals surface area contributed by atoms with Crippen LogP contribution < -0.4 is 15.4 Å². The Hall–Kier alpha value is -4.21. The number of anilines is 1. The lowest BCUT2D eigenvalue weighted by Gasteiger charge is -2.22. The summed E-state index contributed by atoms with van der Waals surface area (Å²) < 4.78 is 32.3. The smallest absolute Gasteiger partial charge is 0.319 e. The van der Waals surface area contributed by atoms with Crippen molar-refractivity contribution in [1.82, 2.24) is 5.32 Å². The van der Waals surface area contributed by atoms with E-state index in [1.54, 1.807) is 24.3 Å². The first-order valence-electron chi connectivity index (χ1n) is 17.2. The van der Waals surface area contributed by atoms with Crippen LogP contribution in [0.25, 0.3) is 10.4 Å². The molecule has 0 saturated heterocycles. The maximum Gasteiger partial charge on any atom is 0.319 e. The summed E-state index contributed by atoms with van der Waals surface area (Å²) in [5, 5.41) is 17.2. The van der Waals surface area contributed by atoms with E-state index in [-0.39, 0.29) is 22.8 Å². The molecule has 2 amide bonds. The molecular formula is C37H51N5O5S. The van der Waals surface area contributed by atoms with Gasteiger partial charge in [0.15, 0.2) is 0 Å². The molecule has 11 heteroatoms. The van der Waals surface area contributed by atoms with Crippen LogP contribution in [0.4, 0.5) is 10.5 Å². The molecule has 2 atom stereocenters. The minimum absolute atomic E-state index is 0.135. The summed E-state index contributed by atoms with van der Waals surface area (Å²) in [6.45, 7) is 9.29. The molecule has 3 rings (SSSR count). The maximum atomic E-state index is 12.7. The topological polar surface area (TPSA) is 153 Å². The molecule has 48 heavy (non-hydrogen) atoms. The number of azide groups is 1. The van der Waals surface area contributed by atoms with Crippen molar-refractivity contribution in [1.29, 1.82) is 0 Å². The van der Waals surface area contributed by atoms with Crippen LogP contribution in [0.5, 0.6) is 17.2 Å². The van der Waals surface area contributed by atoms with Gasteiger partial charge in [-0.2, -0.15) is 0 Å². The molecule has 0 heterocycles. The Bertz CT molecular complexity index is 1570. The van der Waals surface area contributed by atoms with Crippen molar-refractivity contribution >= 4 is 21.7 Å². The molecular weight excluding hydrogens is 627 g/mol. The number of carbonyl (C=O) groups excluding carboxylic acids is 1. The molecule has 0 radical (unpaired) electrons.